The fourth-order valence-electron chi connectivity index (χ4n) is 2.30. The maximum absolute atomic E-state index is 12.1. The number of carbonyl (C=O) groups excluding carboxylic acids is 1. The average Bonchev–Trinajstić information content (AvgIpc) is 2.51. The largest absolute Gasteiger partial charge is 0.457 e. The molecule has 0 aliphatic heterocycles. The summed E-state index contributed by atoms with van der Waals surface area (Å²) in [4.78, 5) is 23.8. The summed E-state index contributed by atoms with van der Waals surface area (Å²) in [5.74, 6) is -0.419. The van der Waals surface area contributed by atoms with Crippen molar-refractivity contribution >= 4 is 39.5 Å². The lowest BCUT2D eigenvalue weighted by atomic mass is 10.1. The number of rotatable bonds is 3. The van der Waals surface area contributed by atoms with E-state index in [1.807, 2.05) is 25.1 Å². The highest BCUT2D eigenvalue weighted by molar-refractivity contribution is 14.1. The van der Waals surface area contributed by atoms with Crippen molar-refractivity contribution in [3.63, 3.8) is 0 Å². The van der Waals surface area contributed by atoms with Crippen LogP contribution >= 0.6 is 22.6 Å². The smallest absolute Gasteiger partial charge is 0.338 e. The number of hydrogen-bond acceptors (Lipinski definition) is 4. The monoisotopic (exact) mass is 420 g/mol. The Morgan fingerprint density at radius 2 is 2.00 bits per heavy atom. The van der Waals surface area contributed by atoms with Gasteiger partial charge in [-0.15, -0.1) is 0 Å². The Kier molecular flexibility index (Phi) is 4.47. The van der Waals surface area contributed by atoms with Gasteiger partial charge >= 0.3 is 11.6 Å². The van der Waals surface area contributed by atoms with E-state index in [1.54, 1.807) is 24.3 Å². The molecular weight excluding hydrogens is 407 g/mol. The summed E-state index contributed by atoms with van der Waals surface area (Å²) in [5.41, 5.74) is 2.16. The third-order valence-corrected chi connectivity index (χ3v) is 4.08. The molecule has 116 valence electrons. The van der Waals surface area contributed by atoms with Gasteiger partial charge < -0.3 is 9.15 Å². The standard InChI is InChI=1S/C18H13IO4/c1-11-5-6-15-13(9-17(20)23-16(15)7-11)10-22-18(21)12-3-2-4-14(19)8-12/h2-9H,10H2,1H3. The molecule has 3 rings (SSSR count). The highest BCUT2D eigenvalue weighted by atomic mass is 127. The molecule has 0 fully saturated rings. The van der Waals surface area contributed by atoms with Crippen molar-refractivity contribution in [2.75, 3.05) is 0 Å². The second kappa shape index (κ2) is 6.54. The Labute approximate surface area is 146 Å². The van der Waals surface area contributed by atoms with Gasteiger partial charge in [0.25, 0.3) is 0 Å². The van der Waals surface area contributed by atoms with Gasteiger partial charge in [-0.05, 0) is 59.3 Å². The molecule has 1 aromatic heterocycles. The van der Waals surface area contributed by atoms with Crippen molar-refractivity contribution in [1.29, 1.82) is 0 Å². The summed E-state index contributed by atoms with van der Waals surface area (Å²) in [7, 11) is 0. The second-order valence-electron chi connectivity index (χ2n) is 5.18. The van der Waals surface area contributed by atoms with E-state index in [0.29, 0.717) is 16.7 Å². The lowest BCUT2D eigenvalue weighted by Crippen LogP contribution is -2.08. The van der Waals surface area contributed by atoms with Crippen LogP contribution in [0.25, 0.3) is 11.0 Å². The van der Waals surface area contributed by atoms with Gasteiger partial charge in [-0.25, -0.2) is 9.59 Å². The molecule has 1 heterocycles. The highest BCUT2D eigenvalue weighted by Gasteiger charge is 2.11. The molecule has 0 aliphatic rings. The van der Waals surface area contributed by atoms with Gasteiger partial charge in [-0.2, -0.15) is 0 Å². The number of fused-ring (bicyclic) bond motifs is 1. The topological polar surface area (TPSA) is 56.5 Å². The zero-order valence-electron chi connectivity index (χ0n) is 12.3. The molecule has 0 atom stereocenters. The molecule has 5 heteroatoms. The van der Waals surface area contributed by atoms with E-state index >= 15 is 0 Å². The fraction of sp³-hybridized carbons (Fsp3) is 0.111. The second-order valence-corrected chi connectivity index (χ2v) is 6.42. The van der Waals surface area contributed by atoms with E-state index in [2.05, 4.69) is 22.6 Å². The van der Waals surface area contributed by atoms with Crippen molar-refractivity contribution in [1.82, 2.24) is 0 Å². The van der Waals surface area contributed by atoms with Gasteiger partial charge in [0.05, 0.1) is 5.56 Å². The van der Waals surface area contributed by atoms with E-state index in [0.717, 1.165) is 14.5 Å². The highest BCUT2D eigenvalue weighted by Crippen LogP contribution is 2.19. The number of aryl methyl sites for hydroxylation is 1. The van der Waals surface area contributed by atoms with Crippen molar-refractivity contribution in [3.05, 3.63) is 79.2 Å². The van der Waals surface area contributed by atoms with Crippen LogP contribution in [0.4, 0.5) is 0 Å². The van der Waals surface area contributed by atoms with Crippen molar-refractivity contribution in [3.8, 4) is 0 Å². The van der Waals surface area contributed by atoms with Crippen LogP contribution in [0.1, 0.15) is 21.5 Å². The van der Waals surface area contributed by atoms with Crippen LogP contribution in [0, 0.1) is 10.5 Å². The minimum atomic E-state index is -0.455. The van der Waals surface area contributed by atoms with Gasteiger partial charge in [0, 0.05) is 20.6 Å². The summed E-state index contributed by atoms with van der Waals surface area (Å²) in [6.45, 7) is 1.94. The lowest BCUT2D eigenvalue weighted by Gasteiger charge is -2.08. The first-order chi connectivity index (χ1) is 11.0. The van der Waals surface area contributed by atoms with Crippen LogP contribution in [-0.4, -0.2) is 5.97 Å². The van der Waals surface area contributed by atoms with Crippen LogP contribution < -0.4 is 5.63 Å². The predicted molar refractivity (Wildman–Crippen MR) is 95.5 cm³/mol. The maximum atomic E-state index is 12.1. The number of benzene rings is 2. The van der Waals surface area contributed by atoms with Crippen LogP contribution in [0.2, 0.25) is 0 Å². The molecule has 2 aromatic carbocycles. The zero-order valence-corrected chi connectivity index (χ0v) is 14.5. The first-order valence-electron chi connectivity index (χ1n) is 6.99. The predicted octanol–water partition coefficient (Wildman–Crippen LogP) is 4.06. The third kappa shape index (κ3) is 3.61. The number of halogens is 1. The molecule has 0 radical (unpaired) electrons. The van der Waals surface area contributed by atoms with E-state index in [9.17, 15) is 9.59 Å². The molecule has 0 bridgehead atoms. The molecule has 0 saturated heterocycles. The minimum absolute atomic E-state index is 0.0233. The zero-order chi connectivity index (χ0) is 16.4. The number of esters is 1. The Bertz CT molecular complexity index is 943. The summed E-state index contributed by atoms with van der Waals surface area (Å²) in [5, 5.41) is 0.769. The van der Waals surface area contributed by atoms with E-state index in [-0.39, 0.29) is 6.61 Å². The van der Waals surface area contributed by atoms with Gasteiger partial charge in [0.2, 0.25) is 0 Å². The van der Waals surface area contributed by atoms with E-state index in [4.69, 9.17) is 9.15 Å². The number of carbonyl (C=O) groups is 1. The van der Waals surface area contributed by atoms with E-state index in [1.165, 1.54) is 6.07 Å². The lowest BCUT2D eigenvalue weighted by molar-refractivity contribution is 0.0473. The minimum Gasteiger partial charge on any atom is -0.457 e. The van der Waals surface area contributed by atoms with Crippen LogP contribution in [0.15, 0.2) is 57.7 Å². The Hall–Kier alpha value is -2.15. The van der Waals surface area contributed by atoms with Gasteiger partial charge in [-0.1, -0.05) is 18.2 Å². The Balaban J connectivity index is 1.87. The normalized spacial score (nSPS) is 10.7. The van der Waals surface area contributed by atoms with Gasteiger partial charge in [-0.3, -0.25) is 0 Å². The third-order valence-electron chi connectivity index (χ3n) is 3.40. The molecule has 0 amide bonds. The van der Waals surface area contributed by atoms with Gasteiger partial charge in [0.1, 0.15) is 12.2 Å². The van der Waals surface area contributed by atoms with Crippen LogP contribution in [0.5, 0.6) is 0 Å². The molecule has 0 spiro atoms. The van der Waals surface area contributed by atoms with Gasteiger partial charge in [0.15, 0.2) is 0 Å². The van der Waals surface area contributed by atoms with Crippen molar-refractivity contribution < 1.29 is 13.9 Å². The summed E-state index contributed by atoms with van der Waals surface area (Å²) >= 11 is 2.14. The van der Waals surface area contributed by atoms with Crippen molar-refractivity contribution in [2.45, 2.75) is 13.5 Å². The SMILES string of the molecule is Cc1ccc2c(COC(=O)c3cccc(I)c3)cc(=O)oc2c1. The Morgan fingerprint density at radius 1 is 1.17 bits per heavy atom. The first kappa shape index (κ1) is 15.7. The molecule has 0 unspecified atom stereocenters. The molecule has 0 saturated carbocycles. The Morgan fingerprint density at radius 3 is 2.78 bits per heavy atom. The summed E-state index contributed by atoms with van der Waals surface area (Å²) in [6, 6.07) is 14.1. The molecule has 4 nitrogen and oxygen atoms in total. The molecular formula is C18H13IO4. The number of hydrogen-bond donors (Lipinski definition) is 0. The molecule has 0 aliphatic carbocycles. The number of ether oxygens (including phenoxy) is 1. The average molecular weight is 420 g/mol. The molecule has 0 N–H and O–H groups in total. The molecule has 23 heavy (non-hydrogen) atoms. The van der Waals surface area contributed by atoms with Crippen LogP contribution in [0.3, 0.4) is 0 Å². The summed E-state index contributed by atoms with van der Waals surface area (Å²) < 4.78 is 11.5. The van der Waals surface area contributed by atoms with E-state index < -0.39 is 11.6 Å². The quantitative estimate of drug-likeness (QED) is 0.364. The molecule has 3 aromatic rings. The first-order valence-corrected chi connectivity index (χ1v) is 8.07. The van der Waals surface area contributed by atoms with Crippen LogP contribution in [-0.2, 0) is 11.3 Å². The fourth-order valence-corrected chi connectivity index (χ4v) is 2.84. The maximum Gasteiger partial charge on any atom is 0.338 e. The van der Waals surface area contributed by atoms with Crippen molar-refractivity contribution in [2.24, 2.45) is 0 Å². The summed E-state index contributed by atoms with van der Waals surface area (Å²) in [6.07, 6.45) is 0.